The van der Waals surface area contributed by atoms with Crippen LogP contribution in [0.25, 0.3) is 0 Å². The summed E-state index contributed by atoms with van der Waals surface area (Å²) in [7, 11) is -7.33. The molecule has 104 valence electrons. The molecular weight excluding hydrogens is 268 g/mol. The summed E-state index contributed by atoms with van der Waals surface area (Å²) in [6.45, 7) is 7.23. The molecule has 0 aromatic carbocycles. The zero-order chi connectivity index (χ0) is 13.4. The molecule has 0 amide bonds. The molecule has 0 atom stereocenters. The van der Waals surface area contributed by atoms with Gasteiger partial charge in [-0.15, -0.1) is 4.86 Å². The van der Waals surface area contributed by atoms with Gasteiger partial charge in [0.05, 0.1) is 26.4 Å². The largest absolute Gasteiger partial charge is 0.414 e. The highest BCUT2D eigenvalue weighted by atomic mass is 31.3. The highest BCUT2D eigenvalue weighted by Crippen LogP contribution is 2.57. The van der Waals surface area contributed by atoms with Gasteiger partial charge in [0.2, 0.25) is 0 Å². The summed E-state index contributed by atoms with van der Waals surface area (Å²) >= 11 is 0. The lowest BCUT2D eigenvalue weighted by Crippen LogP contribution is -2.16. The Balaban J connectivity index is 4.79. The van der Waals surface area contributed by atoms with E-state index in [2.05, 4.69) is 4.86 Å². The molecule has 0 aliphatic rings. The first-order valence-corrected chi connectivity index (χ1v) is 8.61. The fraction of sp³-hybridized carbons (Fsp3) is 1.00. The van der Waals surface area contributed by atoms with Gasteiger partial charge in [0, 0.05) is 0 Å². The van der Waals surface area contributed by atoms with E-state index >= 15 is 0 Å². The minimum atomic E-state index is -3.66. The first-order valence-electron chi connectivity index (χ1n) is 5.53. The van der Waals surface area contributed by atoms with Crippen LogP contribution in [0, 0.1) is 0 Å². The van der Waals surface area contributed by atoms with E-state index in [1.807, 2.05) is 0 Å². The van der Waals surface area contributed by atoms with Crippen LogP contribution in [-0.2, 0) is 27.2 Å². The third kappa shape index (κ3) is 6.67. The molecule has 0 saturated carbocycles. The van der Waals surface area contributed by atoms with E-state index in [1.54, 1.807) is 27.7 Å². The van der Waals surface area contributed by atoms with Crippen molar-refractivity contribution in [2.45, 2.75) is 27.7 Å². The summed E-state index contributed by atoms with van der Waals surface area (Å²) in [5, 5.41) is 0. The van der Waals surface area contributed by atoms with Gasteiger partial charge in [-0.2, -0.15) is 0 Å². The van der Waals surface area contributed by atoms with Crippen molar-refractivity contribution in [3.8, 4) is 0 Å². The lowest BCUT2D eigenvalue weighted by Gasteiger charge is -2.23. The van der Waals surface area contributed by atoms with Gasteiger partial charge < -0.3 is 0 Å². The molecular formula is C8H21NO6P2. The normalized spacial score (nSPS) is 12.9. The van der Waals surface area contributed by atoms with Crippen molar-refractivity contribution in [2.75, 3.05) is 26.4 Å². The van der Waals surface area contributed by atoms with Crippen LogP contribution in [-0.4, -0.2) is 26.4 Å². The van der Waals surface area contributed by atoms with Crippen molar-refractivity contribution >= 4 is 15.5 Å². The van der Waals surface area contributed by atoms with Crippen LogP contribution in [0.4, 0.5) is 0 Å². The van der Waals surface area contributed by atoms with Gasteiger partial charge in [-0.3, -0.25) is 18.1 Å². The molecule has 1 N–H and O–H groups in total. The molecule has 0 aliphatic heterocycles. The molecule has 0 bridgehead atoms. The number of hydrogen-bond donors (Lipinski definition) is 1. The second-order valence-electron chi connectivity index (χ2n) is 2.77. The number of rotatable bonds is 10. The predicted molar refractivity (Wildman–Crippen MR) is 64.9 cm³/mol. The number of nitrogens with one attached hydrogen (secondary N) is 1. The summed E-state index contributed by atoms with van der Waals surface area (Å²) in [5.74, 6) is 0. The summed E-state index contributed by atoms with van der Waals surface area (Å²) in [5.41, 5.74) is 0. The van der Waals surface area contributed by atoms with Crippen molar-refractivity contribution in [3.63, 3.8) is 0 Å². The molecule has 0 fully saturated rings. The van der Waals surface area contributed by atoms with Gasteiger partial charge in [0.15, 0.2) is 0 Å². The maximum absolute atomic E-state index is 12.1. The van der Waals surface area contributed by atoms with Crippen LogP contribution in [0.2, 0.25) is 0 Å². The quantitative estimate of drug-likeness (QED) is 0.619. The fourth-order valence-corrected chi connectivity index (χ4v) is 4.65. The van der Waals surface area contributed by atoms with E-state index in [4.69, 9.17) is 18.1 Å². The molecule has 0 spiro atoms. The zero-order valence-corrected chi connectivity index (χ0v) is 12.5. The second-order valence-corrected chi connectivity index (χ2v) is 6.59. The molecule has 0 heterocycles. The van der Waals surface area contributed by atoms with Gasteiger partial charge in [0.1, 0.15) is 0 Å². The second kappa shape index (κ2) is 8.38. The molecule has 0 rings (SSSR count). The van der Waals surface area contributed by atoms with Crippen molar-refractivity contribution < 1.29 is 27.2 Å². The van der Waals surface area contributed by atoms with Gasteiger partial charge in [0.25, 0.3) is 0 Å². The molecule has 17 heavy (non-hydrogen) atoms. The van der Waals surface area contributed by atoms with Crippen LogP contribution >= 0.6 is 15.5 Å². The van der Waals surface area contributed by atoms with Gasteiger partial charge in [-0.1, -0.05) is 0 Å². The summed E-state index contributed by atoms with van der Waals surface area (Å²) in [6, 6.07) is 0. The first-order chi connectivity index (χ1) is 7.95. The van der Waals surface area contributed by atoms with Crippen LogP contribution in [0.3, 0.4) is 0 Å². The van der Waals surface area contributed by atoms with Crippen molar-refractivity contribution in [3.05, 3.63) is 0 Å². The van der Waals surface area contributed by atoms with Gasteiger partial charge >= 0.3 is 15.5 Å². The lowest BCUT2D eigenvalue weighted by atomic mass is 10.9. The Morgan fingerprint density at radius 1 is 0.706 bits per heavy atom. The smallest absolute Gasteiger partial charge is 0.297 e. The Morgan fingerprint density at radius 3 is 1.12 bits per heavy atom. The van der Waals surface area contributed by atoms with E-state index in [9.17, 15) is 9.13 Å². The third-order valence-corrected chi connectivity index (χ3v) is 5.79. The monoisotopic (exact) mass is 289 g/mol. The summed E-state index contributed by atoms with van der Waals surface area (Å²) in [6.07, 6.45) is 0. The van der Waals surface area contributed by atoms with E-state index in [-0.39, 0.29) is 26.4 Å². The maximum atomic E-state index is 12.1. The Bertz CT molecular complexity index is 250. The van der Waals surface area contributed by atoms with E-state index in [0.29, 0.717) is 0 Å². The van der Waals surface area contributed by atoms with Crippen LogP contribution in [0.5, 0.6) is 0 Å². The summed E-state index contributed by atoms with van der Waals surface area (Å²) in [4.78, 5) is 2.23. The van der Waals surface area contributed by atoms with E-state index in [1.165, 1.54) is 0 Å². The van der Waals surface area contributed by atoms with E-state index in [0.717, 1.165) is 0 Å². The van der Waals surface area contributed by atoms with Crippen molar-refractivity contribution in [2.24, 2.45) is 0 Å². The SMILES string of the molecule is CCOP(=O)(NP(=O)(OCC)OCC)OCC. The molecule has 0 aliphatic carbocycles. The summed E-state index contributed by atoms with van der Waals surface area (Å²) < 4.78 is 44.0. The fourth-order valence-electron chi connectivity index (χ4n) is 1.02. The van der Waals surface area contributed by atoms with Crippen molar-refractivity contribution in [1.82, 2.24) is 4.86 Å². The molecule has 0 aromatic heterocycles. The van der Waals surface area contributed by atoms with Crippen LogP contribution in [0.1, 0.15) is 27.7 Å². The van der Waals surface area contributed by atoms with E-state index < -0.39 is 15.5 Å². The van der Waals surface area contributed by atoms with Gasteiger partial charge in [-0.25, -0.2) is 9.13 Å². The molecule has 0 radical (unpaired) electrons. The molecule has 0 aromatic rings. The molecule has 9 heteroatoms. The van der Waals surface area contributed by atoms with Crippen LogP contribution in [0.15, 0.2) is 0 Å². The van der Waals surface area contributed by atoms with Gasteiger partial charge in [-0.05, 0) is 27.7 Å². The predicted octanol–water partition coefficient (Wildman–Crippen LogP) is 2.94. The maximum Gasteiger partial charge on any atom is 0.414 e. The lowest BCUT2D eigenvalue weighted by molar-refractivity contribution is 0.194. The minimum Gasteiger partial charge on any atom is -0.297 e. The highest BCUT2D eigenvalue weighted by molar-refractivity contribution is 7.67. The highest BCUT2D eigenvalue weighted by Gasteiger charge is 2.36. The standard InChI is InChI=1S/C8H21NO6P2/c1-5-12-16(10,13-6-2)9-17(11,14-7-3)15-8-4/h5-8H2,1-4H3,(H,9,10,11). The Morgan fingerprint density at radius 2 is 0.941 bits per heavy atom. The number of hydrogen-bond acceptors (Lipinski definition) is 6. The molecule has 7 nitrogen and oxygen atoms in total. The third-order valence-electron chi connectivity index (χ3n) is 1.44. The molecule has 0 saturated heterocycles. The zero-order valence-electron chi connectivity index (χ0n) is 10.7. The average molecular weight is 289 g/mol. The van der Waals surface area contributed by atoms with Crippen molar-refractivity contribution in [1.29, 1.82) is 0 Å². The Labute approximate surface area is 102 Å². The first kappa shape index (κ1) is 17.3. The topological polar surface area (TPSA) is 83.1 Å². The Hall–Kier alpha value is 0.260. The molecule has 0 unspecified atom stereocenters. The van der Waals surface area contributed by atoms with Crippen LogP contribution < -0.4 is 4.86 Å². The average Bonchev–Trinajstić information content (AvgIpc) is 2.17. The Kier molecular flexibility index (Phi) is 8.51. The minimum absolute atomic E-state index is 0.155.